The van der Waals surface area contributed by atoms with Gasteiger partial charge in [-0.2, -0.15) is 33.6 Å². The topological polar surface area (TPSA) is 0 Å². The average molecular weight is 246 g/mol. The highest BCUT2D eigenvalue weighted by Gasteiger charge is 2.33. The van der Waals surface area contributed by atoms with Crippen molar-refractivity contribution in [2.45, 2.75) is 0 Å². The summed E-state index contributed by atoms with van der Waals surface area (Å²) in [5.41, 5.74) is -1.34. The number of hydrogen-bond acceptors (Lipinski definition) is 3. The van der Waals surface area contributed by atoms with Crippen molar-refractivity contribution in [2.75, 3.05) is 18.8 Å². The van der Waals surface area contributed by atoms with E-state index in [1.54, 1.807) is 0 Å². The lowest BCUT2D eigenvalue weighted by molar-refractivity contribution is 1.77. The normalized spacial score (nSPS) is 11.6. The van der Waals surface area contributed by atoms with Crippen LogP contribution in [0.15, 0.2) is 30.3 Å². The summed E-state index contributed by atoms with van der Waals surface area (Å²) in [5.74, 6) is 0. The van der Waals surface area contributed by atoms with E-state index >= 15 is 0 Å². The second kappa shape index (κ2) is 5.39. The third-order valence-corrected chi connectivity index (χ3v) is 20.5. The Morgan fingerprint density at radius 3 is 1.69 bits per heavy atom. The van der Waals surface area contributed by atoms with E-state index in [1.807, 2.05) is 33.6 Å². The predicted molar refractivity (Wildman–Crippen MR) is 72.4 cm³/mol. The molecule has 0 heterocycles. The smallest absolute Gasteiger partial charge is 0.161 e. The van der Waals surface area contributed by atoms with Gasteiger partial charge < -0.3 is 0 Å². The van der Waals surface area contributed by atoms with E-state index in [4.69, 9.17) is 0 Å². The molecule has 0 aliphatic heterocycles. The zero-order valence-electron chi connectivity index (χ0n) is 8.11. The van der Waals surface area contributed by atoms with E-state index in [0.29, 0.717) is 0 Å². The van der Waals surface area contributed by atoms with Gasteiger partial charge in [0.2, 0.25) is 0 Å². The molecule has 1 rings (SSSR count). The van der Waals surface area contributed by atoms with E-state index < -0.39 is 5.52 Å². The number of benzene rings is 1. The van der Waals surface area contributed by atoms with Gasteiger partial charge in [-0.15, -0.1) is 0 Å². The molecule has 0 aliphatic rings. The van der Waals surface area contributed by atoms with E-state index in [-0.39, 0.29) is 0 Å². The molecule has 0 radical (unpaired) electrons. The first-order valence-electron chi connectivity index (χ1n) is 4.00. The first kappa shape index (κ1) is 11.6. The lowest BCUT2D eigenvalue weighted by atomic mass is 10.4. The van der Waals surface area contributed by atoms with Gasteiger partial charge in [-0.25, -0.2) is 0 Å². The van der Waals surface area contributed by atoms with Crippen LogP contribution in [0.5, 0.6) is 0 Å². The summed E-state index contributed by atoms with van der Waals surface area (Å²) in [5, 5.41) is 1.53. The Balaban J connectivity index is 3.01. The fourth-order valence-electron chi connectivity index (χ4n) is 1.25. The molecule has 0 nitrogen and oxygen atoms in total. The van der Waals surface area contributed by atoms with Crippen molar-refractivity contribution in [3.8, 4) is 0 Å². The monoisotopic (exact) mass is 246 g/mol. The van der Waals surface area contributed by atoms with Gasteiger partial charge in [-0.1, -0.05) is 30.3 Å². The molecule has 0 atom stereocenters. The van der Waals surface area contributed by atoms with Crippen LogP contribution in [0.2, 0.25) is 0 Å². The van der Waals surface area contributed by atoms with E-state index in [0.717, 1.165) is 0 Å². The molecule has 0 amide bonds. The highest BCUT2D eigenvalue weighted by molar-refractivity contribution is 8.82. The lowest BCUT2D eigenvalue weighted by Crippen LogP contribution is -2.37. The third kappa shape index (κ3) is 2.49. The first-order valence-corrected chi connectivity index (χ1v) is 11.8. The minimum atomic E-state index is -1.34. The summed E-state index contributed by atoms with van der Waals surface area (Å²) in [6, 6.07) is 10.9. The zero-order chi connectivity index (χ0) is 9.73. The fourth-order valence-corrected chi connectivity index (χ4v) is 12.4. The molecule has 1 aromatic rings. The maximum atomic E-state index is 2.26. The van der Waals surface area contributed by atoms with E-state index in [1.165, 1.54) is 5.19 Å². The molecule has 72 valence electrons. The summed E-state index contributed by atoms with van der Waals surface area (Å²) in [6.45, 7) is 0. The highest BCUT2D eigenvalue weighted by atomic mass is 32.8. The third-order valence-electron chi connectivity index (χ3n) is 1.93. The Bertz CT molecular complexity index is 238. The molecule has 0 saturated heterocycles. The predicted octanol–water partition coefficient (Wildman–Crippen LogP) is 2.92. The van der Waals surface area contributed by atoms with Crippen molar-refractivity contribution in [3.63, 3.8) is 0 Å². The standard InChI is InChI=1S/C9H14S3Si/c1-10-13(11-2,12-3)9-7-5-4-6-8-9/h4-8H,1-3H3. The van der Waals surface area contributed by atoms with Crippen LogP contribution < -0.4 is 5.19 Å². The maximum absolute atomic E-state index is 2.26. The van der Waals surface area contributed by atoms with Crippen LogP contribution >= 0.6 is 33.6 Å². The van der Waals surface area contributed by atoms with Gasteiger partial charge in [0.25, 0.3) is 5.52 Å². The van der Waals surface area contributed by atoms with Gasteiger partial charge in [0.05, 0.1) is 0 Å². The van der Waals surface area contributed by atoms with Gasteiger partial charge in [-0.3, -0.25) is 0 Å². The maximum Gasteiger partial charge on any atom is 0.269 e. The van der Waals surface area contributed by atoms with E-state index in [9.17, 15) is 0 Å². The van der Waals surface area contributed by atoms with Gasteiger partial charge in [0.1, 0.15) is 0 Å². The Kier molecular flexibility index (Phi) is 4.79. The fraction of sp³-hybridized carbons (Fsp3) is 0.333. The van der Waals surface area contributed by atoms with Crippen LogP contribution in [0.3, 0.4) is 0 Å². The van der Waals surface area contributed by atoms with Crippen molar-refractivity contribution in [1.82, 2.24) is 0 Å². The second-order valence-corrected chi connectivity index (χ2v) is 17.0. The highest BCUT2D eigenvalue weighted by Crippen LogP contribution is 2.36. The number of rotatable bonds is 4. The first-order chi connectivity index (χ1) is 6.29. The second-order valence-electron chi connectivity index (χ2n) is 2.53. The molecule has 0 saturated carbocycles. The number of hydrogen-bond donors (Lipinski definition) is 0. The van der Waals surface area contributed by atoms with Crippen LogP contribution in [0.1, 0.15) is 0 Å². The molecule has 13 heavy (non-hydrogen) atoms. The van der Waals surface area contributed by atoms with Crippen molar-refractivity contribution in [3.05, 3.63) is 30.3 Å². The Morgan fingerprint density at radius 2 is 1.31 bits per heavy atom. The van der Waals surface area contributed by atoms with E-state index in [2.05, 4.69) is 49.1 Å². The summed E-state index contributed by atoms with van der Waals surface area (Å²) in [7, 11) is 0. The quantitative estimate of drug-likeness (QED) is 0.750. The average Bonchev–Trinajstić information content (AvgIpc) is 2.23. The van der Waals surface area contributed by atoms with Crippen molar-refractivity contribution in [1.29, 1.82) is 0 Å². The van der Waals surface area contributed by atoms with Gasteiger partial charge in [0, 0.05) is 0 Å². The molecule has 0 spiro atoms. The summed E-state index contributed by atoms with van der Waals surface area (Å²) in [4.78, 5) is 0. The molecule has 4 heteroatoms. The Labute approximate surface area is 93.2 Å². The van der Waals surface area contributed by atoms with Gasteiger partial charge >= 0.3 is 0 Å². The molecule has 0 aliphatic carbocycles. The summed E-state index contributed by atoms with van der Waals surface area (Å²) < 4.78 is 0. The SMILES string of the molecule is CS[Si](SC)(SC)c1ccccc1. The van der Waals surface area contributed by atoms with Gasteiger partial charge in [0.15, 0.2) is 0 Å². The molecule has 0 N–H and O–H groups in total. The minimum absolute atomic E-state index is 1.34. The zero-order valence-corrected chi connectivity index (χ0v) is 11.6. The molecular formula is C9H14S3Si. The lowest BCUT2D eigenvalue weighted by Gasteiger charge is -2.25. The van der Waals surface area contributed by atoms with Crippen molar-refractivity contribution in [2.24, 2.45) is 0 Å². The van der Waals surface area contributed by atoms with Crippen LogP contribution in [0.4, 0.5) is 0 Å². The Morgan fingerprint density at radius 1 is 0.846 bits per heavy atom. The molecule has 0 unspecified atom stereocenters. The van der Waals surface area contributed by atoms with Gasteiger partial charge in [-0.05, 0) is 24.0 Å². The van der Waals surface area contributed by atoms with Crippen LogP contribution in [-0.2, 0) is 0 Å². The largest absolute Gasteiger partial charge is 0.269 e. The molecular weight excluding hydrogens is 232 g/mol. The van der Waals surface area contributed by atoms with Crippen LogP contribution in [-0.4, -0.2) is 24.3 Å². The summed E-state index contributed by atoms with van der Waals surface area (Å²) in [6.07, 6.45) is 6.69. The molecule has 0 aromatic heterocycles. The molecule has 0 fully saturated rings. The van der Waals surface area contributed by atoms with Crippen LogP contribution in [0.25, 0.3) is 0 Å². The summed E-state index contributed by atoms with van der Waals surface area (Å²) >= 11 is 6.11. The minimum Gasteiger partial charge on any atom is -0.161 e. The Hall–Kier alpha value is 0.487. The van der Waals surface area contributed by atoms with Crippen molar-refractivity contribution >= 4 is 44.3 Å². The molecule has 0 bridgehead atoms. The van der Waals surface area contributed by atoms with Crippen molar-refractivity contribution < 1.29 is 0 Å². The molecule has 1 aromatic carbocycles. The van der Waals surface area contributed by atoms with Crippen LogP contribution in [0, 0.1) is 0 Å².